The Hall–Kier alpha value is -4.14. The highest BCUT2D eigenvalue weighted by Gasteiger charge is 2.33. The minimum Gasteiger partial charge on any atom is -0.495 e. The van der Waals surface area contributed by atoms with Crippen LogP contribution in [0, 0.1) is 6.92 Å². The molecule has 0 aliphatic rings. The maximum absolute atomic E-state index is 13.6. The molecule has 0 saturated heterocycles. The lowest BCUT2D eigenvalue weighted by atomic mass is 10.2. The van der Waals surface area contributed by atoms with Crippen LogP contribution in [0.1, 0.15) is 24.4 Å². The van der Waals surface area contributed by atoms with E-state index in [0.29, 0.717) is 29.8 Å². The average Bonchev–Trinajstić information content (AvgIpc) is 3.36. The summed E-state index contributed by atoms with van der Waals surface area (Å²) < 4.78 is 47.1. The van der Waals surface area contributed by atoms with Crippen molar-refractivity contribution in [2.45, 2.75) is 25.1 Å². The molecule has 3 aromatic heterocycles. The Labute approximate surface area is 234 Å². The predicted molar refractivity (Wildman–Crippen MR) is 152 cm³/mol. The molecular formula is C26H34N8O5S. The molecule has 2 atom stereocenters. The zero-order valence-corrected chi connectivity index (χ0v) is 24.1. The monoisotopic (exact) mass is 570 g/mol. The summed E-state index contributed by atoms with van der Waals surface area (Å²) >= 11 is 0. The quantitative estimate of drug-likeness (QED) is 0.217. The van der Waals surface area contributed by atoms with Crippen molar-refractivity contribution >= 4 is 21.7 Å². The molecule has 2 N–H and O–H groups in total. The number of hydrogen-bond donors (Lipinski definition) is 2. The third-order valence-corrected chi connectivity index (χ3v) is 7.55. The topological polar surface area (TPSA) is 155 Å². The summed E-state index contributed by atoms with van der Waals surface area (Å²) in [6, 6.07) is 4.39. The van der Waals surface area contributed by atoms with Gasteiger partial charge in [-0.3, -0.25) is 9.29 Å². The smallest absolute Gasteiger partial charge is 0.243 e. The van der Waals surface area contributed by atoms with Crippen LogP contribution in [0.3, 0.4) is 0 Å². The fourth-order valence-corrected chi connectivity index (χ4v) is 4.85. The van der Waals surface area contributed by atoms with Gasteiger partial charge in [-0.15, -0.1) is 10.2 Å². The molecule has 0 aliphatic heterocycles. The minimum absolute atomic E-state index is 0.111. The average molecular weight is 571 g/mol. The van der Waals surface area contributed by atoms with Gasteiger partial charge in [0.25, 0.3) is 0 Å². The molecule has 0 spiro atoms. The summed E-state index contributed by atoms with van der Waals surface area (Å²) in [5.74, 6) is 1.11. The molecule has 214 valence electrons. The number of ether oxygens (including phenoxy) is 3. The minimum atomic E-state index is -4.07. The highest BCUT2D eigenvalue weighted by molar-refractivity contribution is 7.93. The van der Waals surface area contributed by atoms with Crippen molar-refractivity contribution in [2.24, 2.45) is 0 Å². The number of hydrogen-bond acceptors (Lipinski definition) is 11. The number of sulfonamides is 1. The first-order chi connectivity index (χ1) is 19.2. The Morgan fingerprint density at radius 2 is 1.90 bits per heavy atom. The first kappa shape index (κ1) is 30.4. The van der Waals surface area contributed by atoms with Crippen molar-refractivity contribution in [3.05, 3.63) is 72.5 Å². The third-order valence-electron chi connectivity index (χ3n) is 5.83. The molecule has 0 radical (unpaired) electrons. The van der Waals surface area contributed by atoms with Gasteiger partial charge in [-0.25, -0.2) is 23.4 Å². The van der Waals surface area contributed by atoms with Crippen LogP contribution in [0.2, 0.25) is 0 Å². The van der Waals surface area contributed by atoms with Crippen LogP contribution in [-0.2, 0) is 19.5 Å². The largest absolute Gasteiger partial charge is 0.495 e. The van der Waals surface area contributed by atoms with Crippen LogP contribution in [0.4, 0.5) is 5.95 Å². The number of aryl methyl sites for hydroxylation is 1. The van der Waals surface area contributed by atoms with E-state index >= 15 is 0 Å². The van der Waals surface area contributed by atoms with Gasteiger partial charge in [0.15, 0.2) is 5.82 Å². The second-order valence-corrected chi connectivity index (χ2v) is 10.6. The van der Waals surface area contributed by atoms with Crippen LogP contribution >= 0.6 is 0 Å². The lowest BCUT2D eigenvalue weighted by Gasteiger charge is -2.23. The van der Waals surface area contributed by atoms with E-state index in [-0.39, 0.29) is 17.5 Å². The SMILES string of the molecule is C=C(/C(=C\C=C/COC)OC)n1c(NS(=O)(=O)[C@H](C)[C@@H](NC)c2ncc(C)cn2)nnc1-c1cccc(OC)n1. The maximum atomic E-state index is 13.6. The Balaban J connectivity index is 2.07. The van der Waals surface area contributed by atoms with Crippen molar-refractivity contribution < 1.29 is 22.6 Å². The number of allylic oxidation sites excluding steroid dienone is 3. The van der Waals surface area contributed by atoms with E-state index in [1.807, 2.05) is 6.92 Å². The summed E-state index contributed by atoms with van der Waals surface area (Å²) in [4.78, 5) is 13.0. The van der Waals surface area contributed by atoms with Crippen molar-refractivity contribution in [3.8, 4) is 17.4 Å². The van der Waals surface area contributed by atoms with E-state index in [0.717, 1.165) is 5.56 Å². The van der Waals surface area contributed by atoms with Crippen LogP contribution in [0.25, 0.3) is 17.2 Å². The van der Waals surface area contributed by atoms with Gasteiger partial charge in [-0.05, 0) is 38.6 Å². The molecule has 3 heterocycles. The van der Waals surface area contributed by atoms with Gasteiger partial charge in [-0.1, -0.05) is 24.8 Å². The molecule has 0 saturated carbocycles. The number of methoxy groups -OCH3 is 3. The van der Waals surface area contributed by atoms with E-state index in [4.69, 9.17) is 14.2 Å². The normalized spacial score (nSPS) is 13.7. The highest BCUT2D eigenvalue weighted by Crippen LogP contribution is 2.29. The van der Waals surface area contributed by atoms with Crippen LogP contribution in [-0.4, -0.2) is 78.4 Å². The number of aromatic nitrogens is 6. The van der Waals surface area contributed by atoms with Crippen molar-refractivity contribution in [1.29, 1.82) is 0 Å². The molecule has 3 rings (SSSR count). The van der Waals surface area contributed by atoms with Gasteiger partial charge in [0.2, 0.25) is 21.9 Å². The summed E-state index contributed by atoms with van der Waals surface area (Å²) in [6.07, 6.45) is 8.43. The highest BCUT2D eigenvalue weighted by atomic mass is 32.2. The number of anilines is 1. The summed E-state index contributed by atoms with van der Waals surface area (Å²) in [6.45, 7) is 7.93. The van der Waals surface area contributed by atoms with Crippen molar-refractivity contribution in [1.82, 2.24) is 35.0 Å². The van der Waals surface area contributed by atoms with Crippen LogP contribution < -0.4 is 14.8 Å². The van der Waals surface area contributed by atoms with E-state index in [1.165, 1.54) is 18.8 Å². The van der Waals surface area contributed by atoms with E-state index in [1.54, 1.807) is 69.9 Å². The molecule has 0 unspecified atom stereocenters. The molecule has 0 bridgehead atoms. The molecule has 40 heavy (non-hydrogen) atoms. The summed E-state index contributed by atoms with van der Waals surface area (Å²) in [5, 5.41) is 10.4. The summed E-state index contributed by atoms with van der Waals surface area (Å²) in [5.41, 5.74) is 1.49. The van der Waals surface area contributed by atoms with Crippen LogP contribution in [0.5, 0.6) is 5.88 Å². The second kappa shape index (κ2) is 13.8. The molecule has 0 amide bonds. The Morgan fingerprint density at radius 1 is 1.18 bits per heavy atom. The molecule has 13 nitrogen and oxygen atoms in total. The molecule has 14 heteroatoms. The third kappa shape index (κ3) is 7.08. The zero-order valence-electron chi connectivity index (χ0n) is 23.3. The Morgan fingerprint density at radius 3 is 2.52 bits per heavy atom. The Kier molecular flexibility index (Phi) is 10.5. The molecule has 0 aliphatic carbocycles. The molecular weight excluding hydrogens is 536 g/mol. The standard InChI is InChI=1S/C26H34N8O5S/c1-17-15-28-24(29-16-17)23(27-4)19(3)40(35,36)33-26-32-31-25(20-11-10-13-22(30-20)39-7)34(26)18(2)21(38-6)12-8-9-14-37-5/h8-13,15-16,19,23,27H,2,14H2,1,3-7H3,(H,32,33)/b9-8-,21-12+/t19-,23-/m1/s1. The van der Waals surface area contributed by atoms with Crippen molar-refractivity contribution in [2.75, 3.05) is 39.7 Å². The lowest BCUT2D eigenvalue weighted by Crippen LogP contribution is -2.38. The maximum Gasteiger partial charge on any atom is 0.243 e. The van der Waals surface area contributed by atoms with Gasteiger partial charge in [-0.2, -0.15) is 0 Å². The van der Waals surface area contributed by atoms with Crippen molar-refractivity contribution in [3.63, 3.8) is 0 Å². The predicted octanol–water partition coefficient (Wildman–Crippen LogP) is 2.74. The van der Waals surface area contributed by atoms with Gasteiger partial charge in [0.05, 0.1) is 32.6 Å². The number of pyridine rings is 1. The van der Waals surface area contributed by atoms with Gasteiger partial charge < -0.3 is 19.5 Å². The van der Waals surface area contributed by atoms with E-state index in [2.05, 4.69) is 41.8 Å². The van der Waals surface area contributed by atoms with Gasteiger partial charge in [0, 0.05) is 25.6 Å². The Bertz CT molecular complexity index is 1470. The molecule has 0 aromatic carbocycles. The molecule has 3 aromatic rings. The number of rotatable bonds is 14. The van der Waals surface area contributed by atoms with E-state index in [9.17, 15) is 8.42 Å². The lowest BCUT2D eigenvalue weighted by molar-refractivity contribution is 0.234. The van der Waals surface area contributed by atoms with Gasteiger partial charge >= 0.3 is 0 Å². The second-order valence-electron chi connectivity index (χ2n) is 8.55. The number of nitrogens with one attached hydrogen (secondary N) is 2. The first-order valence-corrected chi connectivity index (χ1v) is 13.7. The van der Waals surface area contributed by atoms with Gasteiger partial charge in [0.1, 0.15) is 22.5 Å². The van der Waals surface area contributed by atoms with Crippen LogP contribution in [0.15, 0.2) is 61.2 Å². The first-order valence-electron chi connectivity index (χ1n) is 12.2. The fourth-order valence-electron chi connectivity index (χ4n) is 3.66. The number of nitrogens with zero attached hydrogens (tertiary/aromatic N) is 6. The van der Waals surface area contributed by atoms with E-state index < -0.39 is 21.3 Å². The zero-order chi connectivity index (χ0) is 29.3. The summed E-state index contributed by atoms with van der Waals surface area (Å²) in [7, 11) is 2.12. The molecule has 0 fully saturated rings. The fraction of sp³-hybridized carbons (Fsp3) is 0.346.